The molecule has 0 atom stereocenters. The zero-order valence-corrected chi connectivity index (χ0v) is 21.7. The largest absolute Gasteiger partial charge is 0.497 e. The summed E-state index contributed by atoms with van der Waals surface area (Å²) in [6, 6.07) is 9.39. The van der Waals surface area contributed by atoms with Gasteiger partial charge in [0.2, 0.25) is 0 Å². The third kappa shape index (κ3) is 6.58. The standard InChI is InChI=1S/C27H34N6O4/c1-27(2,3)37-26(35)32-10-8-21(9-11-32)33-17-20(16-31-33)19-13-23(24(28)29-15-19)25(34)30-14-18-6-5-7-22(12-18)36-4/h5-7,12-13,15-17,21H,8-11,14H2,1-4H3,(H2,28,29)(H,30,34). The van der Waals surface area contributed by atoms with Gasteiger partial charge in [-0.3, -0.25) is 9.48 Å². The van der Waals surface area contributed by atoms with Crippen LogP contribution in [0.25, 0.3) is 11.1 Å². The molecule has 196 valence electrons. The molecule has 1 aromatic carbocycles. The summed E-state index contributed by atoms with van der Waals surface area (Å²) in [5.41, 5.74) is 8.32. The highest BCUT2D eigenvalue weighted by molar-refractivity contribution is 5.99. The molecular formula is C27H34N6O4. The van der Waals surface area contributed by atoms with Crippen molar-refractivity contribution in [2.75, 3.05) is 25.9 Å². The highest BCUT2D eigenvalue weighted by atomic mass is 16.6. The highest BCUT2D eigenvalue weighted by Gasteiger charge is 2.28. The molecule has 10 nitrogen and oxygen atoms in total. The van der Waals surface area contributed by atoms with E-state index in [1.165, 1.54) is 0 Å². The fraction of sp³-hybridized carbons (Fsp3) is 0.407. The Hall–Kier alpha value is -4.08. The summed E-state index contributed by atoms with van der Waals surface area (Å²) in [6.07, 6.45) is 6.61. The summed E-state index contributed by atoms with van der Waals surface area (Å²) < 4.78 is 12.6. The number of hydrogen-bond acceptors (Lipinski definition) is 7. The normalized spacial score (nSPS) is 14.3. The van der Waals surface area contributed by atoms with E-state index in [0.29, 0.717) is 25.2 Å². The quantitative estimate of drug-likeness (QED) is 0.517. The number of nitrogens with zero attached hydrogens (tertiary/aromatic N) is 4. The van der Waals surface area contributed by atoms with E-state index < -0.39 is 5.60 Å². The number of aromatic nitrogens is 3. The maximum Gasteiger partial charge on any atom is 0.410 e. The SMILES string of the molecule is COc1cccc(CNC(=O)c2cc(-c3cnn(C4CCN(C(=O)OC(C)(C)C)CC4)c3)cnc2N)c1. The monoisotopic (exact) mass is 506 g/mol. The number of benzene rings is 1. The molecule has 4 rings (SSSR count). The fourth-order valence-corrected chi connectivity index (χ4v) is 4.20. The van der Waals surface area contributed by atoms with Crippen LogP contribution >= 0.6 is 0 Å². The van der Waals surface area contributed by atoms with Gasteiger partial charge in [-0.1, -0.05) is 12.1 Å². The number of ether oxygens (including phenoxy) is 2. The number of methoxy groups -OCH3 is 1. The second kappa shape index (κ2) is 10.9. The van der Waals surface area contributed by atoms with Gasteiger partial charge in [0.1, 0.15) is 17.2 Å². The number of nitrogens with two attached hydrogens (primary N) is 1. The summed E-state index contributed by atoms with van der Waals surface area (Å²) in [7, 11) is 1.60. The van der Waals surface area contributed by atoms with E-state index in [-0.39, 0.29) is 23.9 Å². The van der Waals surface area contributed by atoms with Crippen molar-refractivity contribution >= 4 is 17.8 Å². The first kappa shape index (κ1) is 26.0. The number of piperidine rings is 1. The van der Waals surface area contributed by atoms with Crippen molar-refractivity contribution in [1.29, 1.82) is 0 Å². The van der Waals surface area contributed by atoms with Gasteiger partial charge in [-0.2, -0.15) is 5.10 Å². The van der Waals surface area contributed by atoms with Crippen LogP contribution in [-0.4, -0.2) is 57.5 Å². The van der Waals surface area contributed by atoms with Crippen LogP contribution in [0.3, 0.4) is 0 Å². The molecule has 3 aromatic rings. The number of amides is 2. The number of carbonyl (C=O) groups is 2. The first-order valence-corrected chi connectivity index (χ1v) is 12.3. The third-order valence-corrected chi connectivity index (χ3v) is 6.18. The van der Waals surface area contributed by atoms with Gasteiger partial charge in [-0.05, 0) is 57.4 Å². The summed E-state index contributed by atoms with van der Waals surface area (Å²) >= 11 is 0. The first-order valence-electron chi connectivity index (χ1n) is 12.3. The fourth-order valence-electron chi connectivity index (χ4n) is 4.20. The maximum absolute atomic E-state index is 12.9. The van der Waals surface area contributed by atoms with Crippen molar-refractivity contribution in [3.05, 3.63) is 60.0 Å². The maximum atomic E-state index is 12.9. The molecule has 1 saturated heterocycles. The van der Waals surface area contributed by atoms with Crippen molar-refractivity contribution in [1.82, 2.24) is 25.0 Å². The number of nitrogens with one attached hydrogen (secondary N) is 1. The molecule has 3 N–H and O–H groups in total. The molecule has 2 aromatic heterocycles. The van der Waals surface area contributed by atoms with Crippen molar-refractivity contribution < 1.29 is 19.1 Å². The van der Waals surface area contributed by atoms with Crippen LogP contribution in [-0.2, 0) is 11.3 Å². The van der Waals surface area contributed by atoms with E-state index >= 15 is 0 Å². The van der Waals surface area contributed by atoms with Gasteiger partial charge in [0.05, 0.1) is 24.9 Å². The Bertz CT molecular complexity index is 1260. The summed E-state index contributed by atoms with van der Waals surface area (Å²) in [5.74, 6) is 0.577. The van der Waals surface area contributed by atoms with Gasteiger partial charge in [-0.25, -0.2) is 9.78 Å². The lowest BCUT2D eigenvalue weighted by Crippen LogP contribution is -2.42. The first-order chi connectivity index (χ1) is 17.6. The van der Waals surface area contributed by atoms with E-state index in [4.69, 9.17) is 15.2 Å². The van der Waals surface area contributed by atoms with Crippen LogP contribution in [0.1, 0.15) is 55.6 Å². The zero-order valence-electron chi connectivity index (χ0n) is 21.7. The molecule has 37 heavy (non-hydrogen) atoms. The molecule has 0 radical (unpaired) electrons. The van der Waals surface area contributed by atoms with E-state index in [2.05, 4.69) is 15.4 Å². The number of rotatable bonds is 6. The van der Waals surface area contributed by atoms with Gasteiger partial charge in [0, 0.05) is 43.2 Å². The molecular weight excluding hydrogens is 472 g/mol. The number of carbonyl (C=O) groups excluding carboxylic acids is 2. The van der Waals surface area contributed by atoms with Crippen molar-refractivity contribution in [2.45, 2.75) is 51.8 Å². The molecule has 1 fully saturated rings. The molecule has 0 aliphatic carbocycles. The van der Waals surface area contributed by atoms with Gasteiger partial charge >= 0.3 is 6.09 Å². The minimum atomic E-state index is -0.511. The zero-order chi connectivity index (χ0) is 26.6. The van der Waals surface area contributed by atoms with Crippen LogP contribution in [0.15, 0.2) is 48.9 Å². The topological polar surface area (TPSA) is 125 Å². The predicted molar refractivity (Wildman–Crippen MR) is 140 cm³/mol. The van der Waals surface area contributed by atoms with Gasteiger partial charge in [0.25, 0.3) is 5.91 Å². The Labute approximate surface area is 216 Å². The molecule has 0 unspecified atom stereocenters. The number of likely N-dealkylation sites (tertiary alicyclic amines) is 1. The van der Waals surface area contributed by atoms with Crippen molar-refractivity contribution in [3.8, 4) is 16.9 Å². The predicted octanol–water partition coefficient (Wildman–Crippen LogP) is 4.04. The molecule has 0 bridgehead atoms. The number of nitrogen functional groups attached to an aromatic ring is 1. The Morgan fingerprint density at radius 3 is 2.59 bits per heavy atom. The Morgan fingerprint density at radius 1 is 1.14 bits per heavy atom. The molecule has 10 heteroatoms. The van der Waals surface area contributed by atoms with E-state index in [9.17, 15) is 9.59 Å². The highest BCUT2D eigenvalue weighted by Crippen LogP contribution is 2.27. The number of pyridine rings is 1. The Kier molecular flexibility index (Phi) is 7.66. The van der Waals surface area contributed by atoms with E-state index in [1.54, 1.807) is 30.5 Å². The van der Waals surface area contributed by atoms with Crippen LogP contribution in [0.4, 0.5) is 10.6 Å². The van der Waals surface area contributed by atoms with E-state index in [1.807, 2.05) is 55.9 Å². The molecule has 1 aliphatic heterocycles. The molecule has 3 heterocycles. The summed E-state index contributed by atoms with van der Waals surface area (Å²) in [4.78, 5) is 31.2. The van der Waals surface area contributed by atoms with Gasteiger partial charge in [0.15, 0.2) is 0 Å². The average Bonchev–Trinajstić information content (AvgIpc) is 3.37. The summed E-state index contributed by atoms with van der Waals surface area (Å²) in [6.45, 7) is 7.14. The van der Waals surface area contributed by atoms with Crippen LogP contribution in [0, 0.1) is 0 Å². The van der Waals surface area contributed by atoms with E-state index in [0.717, 1.165) is 35.3 Å². The Morgan fingerprint density at radius 2 is 1.89 bits per heavy atom. The van der Waals surface area contributed by atoms with Crippen molar-refractivity contribution in [2.24, 2.45) is 0 Å². The molecule has 1 aliphatic rings. The number of hydrogen-bond donors (Lipinski definition) is 2. The van der Waals surface area contributed by atoms with Crippen LogP contribution in [0.5, 0.6) is 5.75 Å². The lowest BCUT2D eigenvalue weighted by atomic mass is 10.1. The lowest BCUT2D eigenvalue weighted by molar-refractivity contribution is 0.0184. The second-order valence-electron chi connectivity index (χ2n) is 10.1. The van der Waals surface area contributed by atoms with Crippen LogP contribution in [0.2, 0.25) is 0 Å². The third-order valence-electron chi connectivity index (χ3n) is 6.18. The minimum absolute atomic E-state index is 0.161. The molecule has 0 spiro atoms. The molecule has 0 saturated carbocycles. The Balaban J connectivity index is 1.39. The average molecular weight is 507 g/mol. The van der Waals surface area contributed by atoms with Gasteiger partial charge < -0.3 is 25.4 Å². The summed E-state index contributed by atoms with van der Waals surface area (Å²) in [5, 5.41) is 7.44. The lowest BCUT2D eigenvalue weighted by Gasteiger charge is -2.33. The minimum Gasteiger partial charge on any atom is -0.497 e. The number of anilines is 1. The van der Waals surface area contributed by atoms with Gasteiger partial charge in [-0.15, -0.1) is 0 Å². The smallest absolute Gasteiger partial charge is 0.410 e. The second-order valence-corrected chi connectivity index (χ2v) is 10.1. The van der Waals surface area contributed by atoms with Crippen LogP contribution < -0.4 is 15.8 Å². The van der Waals surface area contributed by atoms with Crippen molar-refractivity contribution in [3.63, 3.8) is 0 Å². The molecule has 2 amide bonds.